The van der Waals surface area contributed by atoms with Crippen LogP contribution in [0.5, 0.6) is 0 Å². The summed E-state index contributed by atoms with van der Waals surface area (Å²) < 4.78 is 54.8. The van der Waals surface area contributed by atoms with Crippen molar-refractivity contribution in [1.82, 2.24) is 0 Å². The summed E-state index contributed by atoms with van der Waals surface area (Å²) in [4.78, 5) is 0. The van der Waals surface area contributed by atoms with Crippen molar-refractivity contribution in [2.24, 2.45) is 0 Å². The van der Waals surface area contributed by atoms with Crippen LogP contribution in [0.15, 0.2) is 11.9 Å². The molecule has 10 heavy (non-hydrogen) atoms. The van der Waals surface area contributed by atoms with Crippen molar-refractivity contribution in [3.05, 3.63) is 11.9 Å². The van der Waals surface area contributed by atoms with Crippen molar-refractivity contribution in [2.75, 3.05) is 0 Å². The summed E-state index contributed by atoms with van der Waals surface area (Å²) in [6.07, 6.45) is -8.28. The standard InChI is InChI=1S/C3HF5O.Li.H/c4-1(2(5)6)3(7,8)9;;/h9H;;. The molecule has 0 fully saturated rings. The van der Waals surface area contributed by atoms with Crippen molar-refractivity contribution in [1.29, 1.82) is 0 Å². The predicted molar refractivity (Wildman–Crippen MR) is 24.7 cm³/mol. The number of rotatable bonds is 1. The monoisotopic (exact) mass is 156 g/mol. The third-order valence-electron chi connectivity index (χ3n) is 0.430. The topological polar surface area (TPSA) is 20.2 Å². The zero-order chi connectivity index (χ0) is 7.65. The quantitative estimate of drug-likeness (QED) is 0.443. The first kappa shape index (κ1) is 12.6. The van der Waals surface area contributed by atoms with Gasteiger partial charge in [0, 0.05) is 0 Å². The van der Waals surface area contributed by atoms with Crippen LogP contribution in [-0.2, 0) is 0 Å². The molecule has 0 amide bonds. The second kappa shape index (κ2) is 3.96. The molecule has 0 aliphatic heterocycles. The average Bonchev–Trinajstić information content (AvgIpc) is 1.62. The molecule has 1 nitrogen and oxygen atoms in total. The van der Waals surface area contributed by atoms with Crippen LogP contribution < -0.4 is 0 Å². The van der Waals surface area contributed by atoms with E-state index < -0.39 is 18.0 Å². The molecule has 0 aliphatic rings. The summed E-state index contributed by atoms with van der Waals surface area (Å²) in [6.45, 7) is 0. The van der Waals surface area contributed by atoms with Crippen molar-refractivity contribution in [2.45, 2.75) is 6.11 Å². The fourth-order valence-corrected chi connectivity index (χ4v) is 0.114. The Balaban J connectivity index is 0. The first-order valence-corrected chi connectivity index (χ1v) is 1.67. The minimum absolute atomic E-state index is 0. The predicted octanol–water partition coefficient (Wildman–Crippen LogP) is 1.00. The first-order chi connectivity index (χ1) is 3.85. The molecule has 0 saturated carbocycles. The third-order valence-corrected chi connectivity index (χ3v) is 0.430. The molecule has 0 rings (SSSR count). The van der Waals surface area contributed by atoms with E-state index >= 15 is 0 Å². The van der Waals surface area contributed by atoms with Gasteiger partial charge in [-0.05, 0) is 0 Å². The molecule has 0 spiro atoms. The molecule has 0 heterocycles. The van der Waals surface area contributed by atoms with Crippen LogP contribution in [0, 0.1) is 0 Å². The molecule has 0 aromatic carbocycles. The van der Waals surface area contributed by atoms with Gasteiger partial charge in [0.15, 0.2) is 0 Å². The van der Waals surface area contributed by atoms with Crippen molar-refractivity contribution in [3.8, 4) is 0 Å². The van der Waals surface area contributed by atoms with Gasteiger partial charge in [-0.1, -0.05) is 0 Å². The summed E-state index contributed by atoms with van der Waals surface area (Å²) in [7, 11) is 0. The number of alkyl halides is 2. The van der Waals surface area contributed by atoms with E-state index in [1.807, 2.05) is 0 Å². The van der Waals surface area contributed by atoms with E-state index in [2.05, 4.69) is 0 Å². The van der Waals surface area contributed by atoms with Gasteiger partial charge in [0.2, 0.25) is 0 Å². The molecule has 0 radical (unpaired) electrons. The van der Waals surface area contributed by atoms with E-state index in [4.69, 9.17) is 5.11 Å². The zero-order valence-corrected chi connectivity index (χ0v) is 3.84. The van der Waals surface area contributed by atoms with Crippen LogP contribution in [0.4, 0.5) is 22.0 Å². The van der Waals surface area contributed by atoms with Crippen LogP contribution in [0.2, 0.25) is 0 Å². The minimum atomic E-state index is -5.06. The van der Waals surface area contributed by atoms with Crippen molar-refractivity contribution >= 4 is 18.9 Å². The van der Waals surface area contributed by atoms with Crippen LogP contribution >= 0.6 is 0 Å². The summed E-state index contributed by atoms with van der Waals surface area (Å²) in [5.74, 6) is -3.11. The van der Waals surface area contributed by atoms with E-state index in [9.17, 15) is 22.0 Å². The molecule has 7 heteroatoms. The van der Waals surface area contributed by atoms with Crippen LogP contribution in [0.1, 0.15) is 0 Å². The number of hydrogen-bond donors (Lipinski definition) is 1. The molecule has 0 aromatic heterocycles. The maximum atomic E-state index is 11.2. The molecule has 0 aromatic rings. The van der Waals surface area contributed by atoms with Gasteiger partial charge in [0.05, 0.1) is 0 Å². The van der Waals surface area contributed by atoms with Gasteiger partial charge < -0.3 is 5.11 Å². The second-order valence-corrected chi connectivity index (χ2v) is 1.12. The van der Waals surface area contributed by atoms with Gasteiger partial charge in [-0.15, -0.1) is 0 Å². The average molecular weight is 156 g/mol. The Labute approximate surface area is 64.7 Å². The molecule has 0 bridgehead atoms. The third kappa shape index (κ3) is 3.88. The molecular weight excluding hydrogens is 154 g/mol. The van der Waals surface area contributed by atoms with Crippen LogP contribution in [-0.4, -0.2) is 30.1 Å². The molecule has 0 unspecified atom stereocenters. The van der Waals surface area contributed by atoms with Crippen molar-refractivity contribution in [3.63, 3.8) is 0 Å². The first-order valence-electron chi connectivity index (χ1n) is 1.67. The Kier molecular flexibility index (Phi) is 4.99. The Morgan fingerprint density at radius 1 is 1.10 bits per heavy atom. The van der Waals surface area contributed by atoms with Gasteiger partial charge in [-0.2, -0.15) is 22.0 Å². The van der Waals surface area contributed by atoms with Crippen LogP contribution in [0.25, 0.3) is 0 Å². The van der Waals surface area contributed by atoms with Gasteiger partial charge in [-0.25, -0.2) is 0 Å². The van der Waals surface area contributed by atoms with Gasteiger partial charge in [0.1, 0.15) is 0 Å². The van der Waals surface area contributed by atoms with E-state index in [-0.39, 0.29) is 18.9 Å². The Morgan fingerprint density at radius 3 is 1.40 bits per heavy atom. The SMILES string of the molecule is OC(F)(F)C(F)=C(F)F.[LiH]. The van der Waals surface area contributed by atoms with Gasteiger partial charge in [-0.3, -0.25) is 0 Å². The Hall–Kier alpha value is -0.0526. The molecular formula is C3H2F5LiO. The molecule has 0 atom stereocenters. The van der Waals surface area contributed by atoms with Gasteiger partial charge in [0.25, 0.3) is 5.83 Å². The summed E-state index contributed by atoms with van der Waals surface area (Å²) in [6, 6.07) is 0. The van der Waals surface area contributed by atoms with Gasteiger partial charge >= 0.3 is 31.0 Å². The van der Waals surface area contributed by atoms with E-state index in [1.165, 1.54) is 0 Å². The number of halogens is 5. The maximum absolute atomic E-state index is 11.2. The Morgan fingerprint density at radius 2 is 1.40 bits per heavy atom. The zero-order valence-electron chi connectivity index (χ0n) is 3.84. The summed E-state index contributed by atoms with van der Waals surface area (Å²) >= 11 is 0. The number of hydrogen-bond acceptors (Lipinski definition) is 1. The number of aliphatic hydroxyl groups is 1. The van der Waals surface area contributed by atoms with Crippen molar-refractivity contribution < 1.29 is 27.1 Å². The molecule has 1 N–H and O–H groups in total. The molecule has 56 valence electrons. The van der Waals surface area contributed by atoms with E-state index in [0.717, 1.165) is 0 Å². The summed E-state index contributed by atoms with van der Waals surface area (Å²) in [5, 5.41) is 7.21. The summed E-state index contributed by atoms with van der Waals surface area (Å²) in [5.41, 5.74) is 0. The fourth-order valence-electron chi connectivity index (χ4n) is 0.114. The molecule has 0 aliphatic carbocycles. The van der Waals surface area contributed by atoms with E-state index in [1.54, 1.807) is 0 Å². The van der Waals surface area contributed by atoms with E-state index in [0.29, 0.717) is 0 Å². The molecule has 0 saturated heterocycles. The fraction of sp³-hybridized carbons (Fsp3) is 0.333. The Bertz CT molecular complexity index is 134. The van der Waals surface area contributed by atoms with Crippen LogP contribution in [0.3, 0.4) is 0 Å². The normalized spacial score (nSPS) is 10.2. The second-order valence-electron chi connectivity index (χ2n) is 1.12.